The maximum absolute atomic E-state index is 10.5. The fourth-order valence-electron chi connectivity index (χ4n) is 1.33. The maximum atomic E-state index is 10.5. The van der Waals surface area contributed by atoms with E-state index in [1.807, 2.05) is 27.7 Å². The summed E-state index contributed by atoms with van der Waals surface area (Å²) in [4.78, 5) is 22.7. The molecule has 2 N–H and O–H groups in total. The third kappa shape index (κ3) is 53.7. The highest BCUT2D eigenvalue weighted by Gasteiger charge is 2.00. The predicted octanol–water partition coefficient (Wildman–Crippen LogP) is 3.44. The normalized spacial score (nSPS) is 9.45. The first-order valence-electron chi connectivity index (χ1n) is 12.1. The molecule has 0 atom stereocenters. The minimum Gasteiger partial charge on any atom is -0.466 e. The Kier molecular flexibility index (Phi) is 45.0. The largest absolute Gasteiger partial charge is 0.466 e. The Balaban J connectivity index is -0.0000000998. The number of rotatable bonds is 11. The molecule has 0 saturated heterocycles. The van der Waals surface area contributed by atoms with Crippen LogP contribution in [0.15, 0.2) is 0 Å². The van der Waals surface area contributed by atoms with Crippen molar-refractivity contribution >= 4 is 21.9 Å². The second-order valence-corrected chi connectivity index (χ2v) is 8.23. The molecule has 0 saturated carbocycles. The molecule has 0 spiro atoms. The molecular weight excluding hydrogens is 446 g/mol. The smallest absolute Gasteiger partial charge is 0.305 e. The number of carbonyl (C=O) groups is 2. The molecule has 0 aromatic carbocycles. The molecular formula is C23H55N3O6S. The van der Waals surface area contributed by atoms with Gasteiger partial charge in [0.2, 0.25) is 15.9 Å². The number of sulfonamides is 1. The second-order valence-electron chi connectivity index (χ2n) is 6.14. The highest BCUT2D eigenvalue weighted by atomic mass is 32.2. The summed E-state index contributed by atoms with van der Waals surface area (Å²) in [5.74, 6) is 0.172. The Bertz CT molecular complexity index is 465. The highest BCUT2D eigenvalue weighted by Crippen LogP contribution is 1.81. The van der Waals surface area contributed by atoms with Crippen LogP contribution in [0.2, 0.25) is 0 Å². The number of hydrogen-bond acceptors (Lipinski definition) is 7. The second kappa shape index (κ2) is 35.4. The summed E-state index contributed by atoms with van der Waals surface area (Å²) < 4.78 is 32.7. The fraction of sp³-hybridized carbons (Fsp3) is 0.913. The van der Waals surface area contributed by atoms with Gasteiger partial charge in [-0.2, -0.15) is 0 Å². The van der Waals surface area contributed by atoms with Crippen LogP contribution in [0.3, 0.4) is 0 Å². The van der Waals surface area contributed by atoms with E-state index in [0.29, 0.717) is 26.0 Å². The van der Waals surface area contributed by atoms with Crippen LogP contribution in [-0.2, 0) is 29.1 Å². The van der Waals surface area contributed by atoms with E-state index in [2.05, 4.69) is 40.6 Å². The first-order valence-corrected chi connectivity index (χ1v) is 13.8. The van der Waals surface area contributed by atoms with Crippen molar-refractivity contribution in [3.63, 3.8) is 0 Å². The summed E-state index contributed by atoms with van der Waals surface area (Å²) in [6.45, 7) is 24.7. The maximum Gasteiger partial charge on any atom is 0.305 e. The fourth-order valence-corrected chi connectivity index (χ4v) is 1.98. The van der Waals surface area contributed by atoms with Crippen molar-refractivity contribution in [2.75, 3.05) is 58.8 Å². The molecule has 0 rings (SSSR count). The van der Waals surface area contributed by atoms with E-state index in [1.165, 1.54) is 0 Å². The van der Waals surface area contributed by atoms with Gasteiger partial charge >= 0.3 is 5.97 Å². The van der Waals surface area contributed by atoms with Gasteiger partial charge in [0.05, 0.1) is 12.4 Å². The van der Waals surface area contributed by atoms with Gasteiger partial charge in [-0.25, -0.2) is 13.1 Å². The van der Waals surface area contributed by atoms with Gasteiger partial charge in [0.15, 0.2) is 0 Å². The molecule has 10 heteroatoms. The molecule has 0 unspecified atom stereocenters. The number of carbonyl (C=O) groups excluding carboxylic acids is 2. The van der Waals surface area contributed by atoms with E-state index in [4.69, 9.17) is 4.74 Å². The van der Waals surface area contributed by atoms with Crippen molar-refractivity contribution in [2.24, 2.45) is 0 Å². The van der Waals surface area contributed by atoms with Gasteiger partial charge in [0.1, 0.15) is 0 Å². The van der Waals surface area contributed by atoms with Gasteiger partial charge in [-0.3, -0.25) is 9.59 Å². The molecule has 0 radical (unpaired) electrons. The van der Waals surface area contributed by atoms with E-state index in [0.717, 1.165) is 32.8 Å². The molecule has 0 aromatic heterocycles. The standard InChI is InChI=1S/C5H11NO.C5H13N.C5H10O2.C4H11NO2S.C4H10O/c1-3-5(7)6-4-2;1-4-6(3)5-2;1-3-5(6)7-4-2;1-3-5-8(6,7)4-2;1-3-5-4-2/h3-4H2,1-2H3,(H,6,7);4-5H2,1-3H3;3-4H2,1-2H3;5H,3-4H2,1-2H3;3-4H2,1-2H3. The minimum atomic E-state index is -2.92. The Morgan fingerprint density at radius 1 is 0.758 bits per heavy atom. The van der Waals surface area contributed by atoms with E-state index < -0.39 is 10.0 Å². The summed E-state index contributed by atoms with van der Waals surface area (Å²) in [6.07, 6.45) is 1.07. The van der Waals surface area contributed by atoms with Crippen LogP contribution >= 0.6 is 0 Å². The van der Waals surface area contributed by atoms with Crippen LogP contribution in [0.25, 0.3) is 0 Å². The number of amides is 1. The van der Waals surface area contributed by atoms with Crippen LogP contribution < -0.4 is 10.0 Å². The zero-order valence-electron chi connectivity index (χ0n) is 23.4. The van der Waals surface area contributed by atoms with Crippen LogP contribution in [0, 0.1) is 0 Å². The molecule has 33 heavy (non-hydrogen) atoms. The summed E-state index contributed by atoms with van der Waals surface area (Å²) in [7, 11) is -0.808. The van der Waals surface area contributed by atoms with Crippen LogP contribution in [0.5, 0.6) is 0 Å². The van der Waals surface area contributed by atoms with Gasteiger partial charge < -0.3 is 19.7 Å². The Labute approximate surface area is 205 Å². The highest BCUT2D eigenvalue weighted by molar-refractivity contribution is 7.89. The van der Waals surface area contributed by atoms with Gasteiger partial charge in [0, 0.05) is 39.1 Å². The number of nitrogens with one attached hydrogen (secondary N) is 2. The Hall–Kier alpha value is -1.23. The van der Waals surface area contributed by atoms with Crippen molar-refractivity contribution in [3.05, 3.63) is 0 Å². The average Bonchev–Trinajstić information content (AvgIpc) is 2.81. The quantitative estimate of drug-likeness (QED) is 0.417. The third-order valence-electron chi connectivity index (χ3n) is 3.52. The van der Waals surface area contributed by atoms with Crippen LogP contribution in [-0.4, -0.2) is 84.0 Å². The summed E-state index contributed by atoms with van der Waals surface area (Å²) in [6, 6.07) is 0. The van der Waals surface area contributed by atoms with Crippen molar-refractivity contribution in [1.29, 1.82) is 0 Å². The molecule has 0 aliphatic carbocycles. The number of esters is 1. The molecule has 0 aliphatic rings. The zero-order chi connectivity index (χ0) is 27.1. The van der Waals surface area contributed by atoms with Crippen molar-refractivity contribution in [1.82, 2.24) is 14.9 Å². The predicted molar refractivity (Wildman–Crippen MR) is 140 cm³/mol. The van der Waals surface area contributed by atoms with Crippen molar-refractivity contribution in [2.45, 2.75) is 82.1 Å². The van der Waals surface area contributed by atoms with Gasteiger partial charge in [-0.1, -0.05) is 34.6 Å². The minimum absolute atomic E-state index is 0.123. The molecule has 0 fully saturated rings. The van der Waals surface area contributed by atoms with E-state index in [-0.39, 0.29) is 17.6 Å². The molecule has 204 valence electrons. The lowest BCUT2D eigenvalue weighted by Gasteiger charge is -2.07. The summed E-state index contributed by atoms with van der Waals surface area (Å²) in [5.41, 5.74) is 0. The van der Waals surface area contributed by atoms with Crippen LogP contribution in [0.4, 0.5) is 0 Å². The van der Waals surface area contributed by atoms with Gasteiger partial charge in [0.25, 0.3) is 0 Å². The summed E-state index contributed by atoms with van der Waals surface area (Å²) >= 11 is 0. The van der Waals surface area contributed by atoms with Crippen LogP contribution in [0.1, 0.15) is 82.1 Å². The third-order valence-corrected chi connectivity index (χ3v) is 5.01. The number of nitrogens with zero attached hydrogens (tertiary/aromatic N) is 1. The molecule has 9 nitrogen and oxygen atoms in total. The molecule has 1 amide bonds. The van der Waals surface area contributed by atoms with E-state index in [1.54, 1.807) is 27.7 Å². The lowest BCUT2D eigenvalue weighted by atomic mass is 10.4. The molecule has 0 heterocycles. The molecule has 0 bridgehead atoms. The van der Waals surface area contributed by atoms with Crippen molar-refractivity contribution < 1.29 is 27.5 Å². The Morgan fingerprint density at radius 2 is 1.24 bits per heavy atom. The topological polar surface area (TPSA) is 114 Å². The monoisotopic (exact) mass is 501 g/mol. The zero-order valence-corrected chi connectivity index (χ0v) is 24.2. The number of hydrogen-bond donors (Lipinski definition) is 2. The van der Waals surface area contributed by atoms with Gasteiger partial charge in [-0.05, 0) is 54.8 Å². The van der Waals surface area contributed by atoms with E-state index >= 15 is 0 Å². The lowest BCUT2D eigenvalue weighted by Crippen LogP contribution is -2.24. The van der Waals surface area contributed by atoms with Gasteiger partial charge in [-0.15, -0.1) is 0 Å². The Morgan fingerprint density at radius 3 is 1.33 bits per heavy atom. The summed E-state index contributed by atoms with van der Waals surface area (Å²) in [5, 5.41) is 2.66. The first-order chi connectivity index (χ1) is 15.5. The SMILES string of the molecule is CCN(C)CC.CCNC(=O)CC.CCNS(=O)(=O)CC.CCOC(=O)CC.CCOCC. The van der Waals surface area contributed by atoms with E-state index in [9.17, 15) is 18.0 Å². The van der Waals surface area contributed by atoms with Crippen molar-refractivity contribution in [3.8, 4) is 0 Å². The number of ether oxygens (including phenoxy) is 2. The average molecular weight is 502 g/mol. The molecule has 0 aromatic rings. The molecule has 0 aliphatic heterocycles. The lowest BCUT2D eigenvalue weighted by molar-refractivity contribution is -0.142. The first kappa shape index (κ1) is 42.0.